The van der Waals surface area contributed by atoms with Crippen molar-refractivity contribution in [3.05, 3.63) is 0 Å². The van der Waals surface area contributed by atoms with Crippen molar-refractivity contribution >= 4 is 5.91 Å². The van der Waals surface area contributed by atoms with Gasteiger partial charge in [0.05, 0.1) is 12.6 Å². The first-order chi connectivity index (χ1) is 6.10. The van der Waals surface area contributed by atoms with Gasteiger partial charge >= 0.3 is 0 Å². The maximum atomic E-state index is 11.2. The fourth-order valence-corrected chi connectivity index (χ4v) is 1.28. The molecule has 0 aliphatic heterocycles. The van der Waals surface area contributed by atoms with Crippen LogP contribution in [0.2, 0.25) is 0 Å². The van der Waals surface area contributed by atoms with Crippen molar-refractivity contribution in [2.45, 2.75) is 46.1 Å². The minimum Gasteiger partial charge on any atom is -0.394 e. The average molecular weight is 187 g/mol. The van der Waals surface area contributed by atoms with E-state index in [9.17, 15) is 4.79 Å². The van der Waals surface area contributed by atoms with E-state index < -0.39 is 0 Å². The van der Waals surface area contributed by atoms with Crippen molar-refractivity contribution in [3.8, 4) is 0 Å². The molecule has 2 N–H and O–H groups in total. The number of aliphatic hydroxyl groups excluding tert-OH is 1. The van der Waals surface area contributed by atoms with Crippen LogP contribution in [-0.4, -0.2) is 23.7 Å². The molecule has 0 spiro atoms. The summed E-state index contributed by atoms with van der Waals surface area (Å²) in [5, 5.41) is 11.8. The quantitative estimate of drug-likeness (QED) is 0.658. The Kier molecular flexibility index (Phi) is 6.59. The van der Waals surface area contributed by atoms with Crippen LogP contribution in [0.3, 0.4) is 0 Å². The molecule has 0 aliphatic carbocycles. The van der Waals surface area contributed by atoms with E-state index >= 15 is 0 Å². The van der Waals surface area contributed by atoms with E-state index in [1.165, 1.54) is 0 Å². The lowest BCUT2D eigenvalue weighted by Gasteiger charge is -2.17. The van der Waals surface area contributed by atoms with Crippen molar-refractivity contribution in [2.75, 3.05) is 6.61 Å². The van der Waals surface area contributed by atoms with Crippen molar-refractivity contribution in [2.24, 2.45) is 5.92 Å². The van der Waals surface area contributed by atoms with Crippen molar-refractivity contribution in [1.82, 2.24) is 5.32 Å². The Bertz CT molecular complexity index is 146. The molecule has 1 atom stereocenters. The van der Waals surface area contributed by atoms with Crippen LogP contribution in [0.4, 0.5) is 0 Å². The van der Waals surface area contributed by atoms with Crippen LogP contribution >= 0.6 is 0 Å². The summed E-state index contributed by atoms with van der Waals surface area (Å²) < 4.78 is 0. The molecule has 0 rings (SSSR count). The smallest absolute Gasteiger partial charge is 0.220 e. The Balaban J connectivity index is 3.76. The first-order valence-corrected chi connectivity index (χ1v) is 5.00. The molecule has 0 fully saturated rings. The number of amides is 1. The lowest BCUT2D eigenvalue weighted by molar-refractivity contribution is -0.122. The molecule has 0 saturated heterocycles. The maximum Gasteiger partial charge on any atom is 0.220 e. The van der Waals surface area contributed by atoms with Gasteiger partial charge in [-0.1, -0.05) is 20.8 Å². The largest absolute Gasteiger partial charge is 0.394 e. The van der Waals surface area contributed by atoms with Gasteiger partial charge in [-0.25, -0.2) is 0 Å². The van der Waals surface area contributed by atoms with E-state index in [4.69, 9.17) is 5.11 Å². The molecular weight excluding hydrogens is 166 g/mol. The third-order valence-corrected chi connectivity index (χ3v) is 1.82. The van der Waals surface area contributed by atoms with Crippen LogP contribution in [0.15, 0.2) is 0 Å². The van der Waals surface area contributed by atoms with Gasteiger partial charge in [0, 0.05) is 6.42 Å². The van der Waals surface area contributed by atoms with Crippen molar-refractivity contribution < 1.29 is 9.90 Å². The normalized spacial score (nSPS) is 13.0. The van der Waals surface area contributed by atoms with Crippen LogP contribution in [-0.2, 0) is 4.79 Å². The highest BCUT2D eigenvalue weighted by Gasteiger charge is 2.11. The van der Waals surface area contributed by atoms with Crippen LogP contribution < -0.4 is 5.32 Å². The first kappa shape index (κ1) is 12.4. The Morgan fingerprint density at radius 2 is 2.08 bits per heavy atom. The zero-order valence-corrected chi connectivity index (χ0v) is 8.84. The standard InChI is InChI=1S/C10H21NO2/c1-4-5-10(13)11-9(7-12)6-8(2)3/h8-9,12H,4-7H2,1-3H3,(H,11,13)/t9-/m0/s1. The summed E-state index contributed by atoms with van der Waals surface area (Å²) in [4.78, 5) is 11.2. The molecule has 0 saturated carbocycles. The van der Waals surface area contributed by atoms with E-state index in [2.05, 4.69) is 19.2 Å². The van der Waals surface area contributed by atoms with Crippen LogP contribution in [0.5, 0.6) is 0 Å². The van der Waals surface area contributed by atoms with Gasteiger partial charge in [0.15, 0.2) is 0 Å². The molecule has 3 nitrogen and oxygen atoms in total. The molecule has 1 amide bonds. The number of hydrogen-bond acceptors (Lipinski definition) is 2. The summed E-state index contributed by atoms with van der Waals surface area (Å²) in [5.41, 5.74) is 0. The fraction of sp³-hybridized carbons (Fsp3) is 0.900. The molecule has 0 aromatic rings. The summed E-state index contributed by atoms with van der Waals surface area (Å²) in [7, 11) is 0. The van der Waals surface area contributed by atoms with E-state index in [-0.39, 0.29) is 18.6 Å². The Hall–Kier alpha value is -0.570. The molecule has 0 aromatic carbocycles. The van der Waals surface area contributed by atoms with Gasteiger partial charge in [0.2, 0.25) is 5.91 Å². The minimum atomic E-state index is -0.0703. The highest BCUT2D eigenvalue weighted by molar-refractivity contribution is 5.76. The number of hydrogen-bond donors (Lipinski definition) is 2. The second kappa shape index (κ2) is 6.89. The number of aliphatic hydroxyl groups is 1. The summed E-state index contributed by atoms with van der Waals surface area (Å²) in [6, 6.07) is -0.0703. The molecule has 0 heterocycles. The molecule has 0 unspecified atom stereocenters. The number of carbonyl (C=O) groups is 1. The Morgan fingerprint density at radius 3 is 2.46 bits per heavy atom. The van der Waals surface area contributed by atoms with E-state index in [0.29, 0.717) is 12.3 Å². The lowest BCUT2D eigenvalue weighted by Crippen LogP contribution is -2.38. The average Bonchev–Trinajstić information content (AvgIpc) is 2.02. The van der Waals surface area contributed by atoms with Gasteiger partial charge in [0.1, 0.15) is 0 Å². The van der Waals surface area contributed by atoms with Gasteiger partial charge in [-0.05, 0) is 18.8 Å². The molecule has 0 aromatic heterocycles. The van der Waals surface area contributed by atoms with Gasteiger partial charge in [-0.2, -0.15) is 0 Å². The van der Waals surface area contributed by atoms with Crippen LogP contribution in [0.25, 0.3) is 0 Å². The zero-order valence-electron chi connectivity index (χ0n) is 8.84. The van der Waals surface area contributed by atoms with Crippen LogP contribution in [0.1, 0.15) is 40.0 Å². The second-order valence-electron chi connectivity index (χ2n) is 3.83. The second-order valence-corrected chi connectivity index (χ2v) is 3.83. The van der Waals surface area contributed by atoms with Crippen LogP contribution in [0, 0.1) is 5.92 Å². The number of nitrogens with one attached hydrogen (secondary N) is 1. The molecule has 78 valence electrons. The Morgan fingerprint density at radius 1 is 1.46 bits per heavy atom. The van der Waals surface area contributed by atoms with Gasteiger partial charge in [0.25, 0.3) is 0 Å². The molecular formula is C10H21NO2. The first-order valence-electron chi connectivity index (χ1n) is 5.00. The van der Waals surface area contributed by atoms with Crippen molar-refractivity contribution in [1.29, 1.82) is 0 Å². The summed E-state index contributed by atoms with van der Waals surface area (Å²) in [6.45, 7) is 6.16. The van der Waals surface area contributed by atoms with E-state index in [0.717, 1.165) is 12.8 Å². The lowest BCUT2D eigenvalue weighted by atomic mass is 10.0. The number of rotatable bonds is 6. The molecule has 3 heteroatoms. The topological polar surface area (TPSA) is 49.3 Å². The molecule has 0 radical (unpaired) electrons. The van der Waals surface area contributed by atoms with E-state index in [1.54, 1.807) is 0 Å². The van der Waals surface area contributed by atoms with Gasteiger partial charge in [-0.15, -0.1) is 0 Å². The van der Waals surface area contributed by atoms with Gasteiger partial charge < -0.3 is 10.4 Å². The number of carbonyl (C=O) groups excluding carboxylic acids is 1. The molecule has 0 bridgehead atoms. The highest BCUT2D eigenvalue weighted by Crippen LogP contribution is 2.04. The predicted molar refractivity (Wildman–Crippen MR) is 53.4 cm³/mol. The monoisotopic (exact) mass is 187 g/mol. The van der Waals surface area contributed by atoms with Crippen molar-refractivity contribution in [3.63, 3.8) is 0 Å². The zero-order chi connectivity index (χ0) is 10.3. The minimum absolute atomic E-state index is 0.0354. The predicted octanol–water partition coefficient (Wildman–Crippen LogP) is 1.31. The highest BCUT2D eigenvalue weighted by atomic mass is 16.3. The molecule has 13 heavy (non-hydrogen) atoms. The van der Waals surface area contributed by atoms with E-state index in [1.807, 2.05) is 6.92 Å². The Labute approximate surface area is 80.5 Å². The third kappa shape index (κ3) is 6.58. The summed E-state index contributed by atoms with van der Waals surface area (Å²) in [5.74, 6) is 0.543. The molecule has 0 aliphatic rings. The summed E-state index contributed by atoms with van der Waals surface area (Å²) in [6.07, 6.45) is 2.24. The SMILES string of the molecule is CCCC(=O)N[C@H](CO)CC(C)C. The third-order valence-electron chi connectivity index (χ3n) is 1.82. The van der Waals surface area contributed by atoms with Gasteiger partial charge in [-0.3, -0.25) is 4.79 Å². The summed E-state index contributed by atoms with van der Waals surface area (Å²) >= 11 is 0. The fourth-order valence-electron chi connectivity index (χ4n) is 1.28. The maximum absolute atomic E-state index is 11.2.